The van der Waals surface area contributed by atoms with Crippen LogP contribution in [0.15, 0.2) is 35.5 Å². The number of hydrogen-bond donors (Lipinski definition) is 1. The van der Waals surface area contributed by atoms with Gasteiger partial charge in [-0.25, -0.2) is 9.18 Å². The van der Waals surface area contributed by atoms with Gasteiger partial charge in [0, 0.05) is 24.8 Å². The van der Waals surface area contributed by atoms with Crippen LogP contribution in [0, 0.1) is 5.82 Å². The molecule has 1 atom stereocenters. The van der Waals surface area contributed by atoms with E-state index in [4.69, 9.17) is 4.74 Å². The van der Waals surface area contributed by atoms with Crippen molar-refractivity contribution >= 4 is 11.9 Å². The molecular formula is C19H22FN3O3. The van der Waals surface area contributed by atoms with Gasteiger partial charge in [0.15, 0.2) is 0 Å². The van der Waals surface area contributed by atoms with E-state index in [0.29, 0.717) is 43.1 Å². The van der Waals surface area contributed by atoms with Gasteiger partial charge >= 0.3 is 6.03 Å². The van der Waals surface area contributed by atoms with Crippen molar-refractivity contribution in [1.82, 2.24) is 15.1 Å². The number of nitrogens with zero attached hydrogens (tertiary/aromatic N) is 2. The predicted molar refractivity (Wildman–Crippen MR) is 92.6 cm³/mol. The number of rotatable bonds is 3. The maximum atomic E-state index is 13.3. The van der Waals surface area contributed by atoms with Crippen LogP contribution in [0.2, 0.25) is 0 Å². The molecule has 138 valence electrons. The Balaban J connectivity index is 1.74. The fraction of sp³-hybridized carbons (Fsp3) is 0.474. The molecule has 0 radical (unpaired) electrons. The summed E-state index contributed by atoms with van der Waals surface area (Å²) < 4.78 is 18.7. The maximum Gasteiger partial charge on any atom is 0.322 e. The number of allylic oxidation sites excluding steroid dienone is 1. The van der Waals surface area contributed by atoms with Crippen LogP contribution >= 0.6 is 0 Å². The van der Waals surface area contributed by atoms with Gasteiger partial charge in [-0.2, -0.15) is 0 Å². The highest BCUT2D eigenvalue weighted by Gasteiger charge is 2.43. The van der Waals surface area contributed by atoms with Gasteiger partial charge in [0.1, 0.15) is 5.82 Å². The van der Waals surface area contributed by atoms with Gasteiger partial charge < -0.3 is 15.0 Å². The first-order chi connectivity index (χ1) is 12.6. The lowest BCUT2D eigenvalue weighted by molar-refractivity contribution is -0.131. The zero-order valence-corrected chi connectivity index (χ0v) is 14.7. The normalized spacial score (nSPS) is 23.9. The van der Waals surface area contributed by atoms with E-state index >= 15 is 0 Å². The molecule has 3 amide bonds. The van der Waals surface area contributed by atoms with Crippen LogP contribution in [0.25, 0.3) is 0 Å². The first-order valence-corrected chi connectivity index (χ1v) is 8.99. The topological polar surface area (TPSA) is 61.9 Å². The average molecular weight is 359 g/mol. The molecule has 2 heterocycles. The Morgan fingerprint density at radius 1 is 1.19 bits per heavy atom. The molecule has 1 aliphatic carbocycles. The molecule has 0 bridgehead atoms. The predicted octanol–water partition coefficient (Wildman–Crippen LogP) is 2.19. The molecule has 26 heavy (non-hydrogen) atoms. The lowest BCUT2D eigenvalue weighted by Gasteiger charge is -2.38. The summed E-state index contributed by atoms with van der Waals surface area (Å²) in [5.41, 5.74) is 1.96. The molecule has 1 N–H and O–H groups in total. The fourth-order valence-corrected chi connectivity index (χ4v) is 3.65. The number of nitrogens with one attached hydrogen (secondary N) is 1. The maximum absolute atomic E-state index is 13.3. The zero-order valence-electron chi connectivity index (χ0n) is 14.7. The lowest BCUT2D eigenvalue weighted by Crippen LogP contribution is -2.51. The van der Waals surface area contributed by atoms with Crippen molar-refractivity contribution in [3.05, 3.63) is 46.9 Å². The van der Waals surface area contributed by atoms with E-state index in [1.54, 1.807) is 21.9 Å². The first-order valence-electron chi connectivity index (χ1n) is 8.99. The Kier molecular flexibility index (Phi) is 4.40. The molecule has 1 saturated heterocycles. The van der Waals surface area contributed by atoms with E-state index in [9.17, 15) is 14.0 Å². The number of benzene rings is 1. The van der Waals surface area contributed by atoms with Crippen molar-refractivity contribution in [3.8, 4) is 0 Å². The molecule has 1 saturated carbocycles. The number of amides is 3. The third-order valence-corrected chi connectivity index (χ3v) is 5.17. The Labute approximate surface area is 151 Å². The summed E-state index contributed by atoms with van der Waals surface area (Å²) in [5.74, 6) is -0.442. The minimum Gasteiger partial charge on any atom is -0.378 e. The molecule has 1 aromatic rings. The molecule has 3 aliphatic rings. The summed E-state index contributed by atoms with van der Waals surface area (Å²) in [6, 6.07) is 5.32. The number of morpholine rings is 1. The van der Waals surface area contributed by atoms with E-state index in [0.717, 1.165) is 12.8 Å². The van der Waals surface area contributed by atoms with Crippen molar-refractivity contribution in [1.29, 1.82) is 0 Å². The van der Waals surface area contributed by atoms with Crippen molar-refractivity contribution in [2.45, 2.75) is 31.8 Å². The van der Waals surface area contributed by atoms with Crippen LogP contribution in [0.5, 0.6) is 0 Å². The third-order valence-electron chi connectivity index (χ3n) is 5.17. The Bertz CT molecular complexity index is 752. The first kappa shape index (κ1) is 17.0. The minimum atomic E-state index is -0.576. The van der Waals surface area contributed by atoms with Gasteiger partial charge in [-0.05, 0) is 37.5 Å². The van der Waals surface area contributed by atoms with Gasteiger partial charge in [-0.3, -0.25) is 9.69 Å². The van der Waals surface area contributed by atoms with Crippen molar-refractivity contribution in [2.24, 2.45) is 0 Å². The van der Waals surface area contributed by atoms with Crippen molar-refractivity contribution in [3.63, 3.8) is 0 Å². The van der Waals surface area contributed by atoms with Gasteiger partial charge in [0.25, 0.3) is 5.91 Å². The number of urea groups is 1. The molecule has 0 aromatic heterocycles. The molecule has 2 fully saturated rings. The second kappa shape index (κ2) is 6.72. The van der Waals surface area contributed by atoms with Crippen LogP contribution in [0.3, 0.4) is 0 Å². The second-order valence-corrected chi connectivity index (χ2v) is 6.94. The summed E-state index contributed by atoms with van der Waals surface area (Å²) >= 11 is 0. The van der Waals surface area contributed by atoms with E-state index in [-0.39, 0.29) is 23.8 Å². The minimum absolute atomic E-state index is 0.0919. The highest BCUT2D eigenvalue weighted by atomic mass is 19.1. The summed E-state index contributed by atoms with van der Waals surface area (Å²) in [6.07, 6.45) is 1.90. The molecule has 0 spiro atoms. The summed E-state index contributed by atoms with van der Waals surface area (Å²) in [6.45, 7) is 3.92. The summed E-state index contributed by atoms with van der Waals surface area (Å²) in [4.78, 5) is 29.4. The molecule has 2 aliphatic heterocycles. The van der Waals surface area contributed by atoms with Crippen LogP contribution in [-0.4, -0.2) is 54.1 Å². The van der Waals surface area contributed by atoms with Crippen LogP contribution < -0.4 is 5.32 Å². The quantitative estimate of drug-likeness (QED) is 0.900. The molecule has 0 unspecified atom stereocenters. The standard InChI is InChI=1S/C19H22FN3O3/c1-12-16(18(24)22-8-10-26-11-9-22)17(13-2-4-14(20)5-3-13)21-19(25)23(12)15-6-7-15/h2-5,15,17H,6-11H2,1H3,(H,21,25)/t17-/m0/s1. The van der Waals surface area contributed by atoms with Gasteiger partial charge in [0.2, 0.25) is 0 Å². The number of hydrogen-bond acceptors (Lipinski definition) is 3. The summed E-state index contributed by atoms with van der Waals surface area (Å²) in [7, 11) is 0. The van der Waals surface area contributed by atoms with Crippen LogP contribution in [0.1, 0.15) is 31.4 Å². The van der Waals surface area contributed by atoms with E-state index in [1.165, 1.54) is 12.1 Å². The molecular weight excluding hydrogens is 337 g/mol. The van der Waals surface area contributed by atoms with Gasteiger partial charge in [-0.1, -0.05) is 12.1 Å². The van der Waals surface area contributed by atoms with Gasteiger partial charge in [-0.15, -0.1) is 0 Å². The van der Waals surface area contributed by atoms with E-state index in [1.807, 2.05) is 6.92 Å². The number of ether oxygens (including phenoxy) is 1. The Hall–Kier alpha value is -2.41. The number of carbonyl (C=O) groups excluding carboxylic acids is 2. The fourth-order valence-electron chi connectivity index (χ4n) is 3.65. The zero-order chi connectivity index (χ0) is 18.3. The highest BCUT2D eigenvalue weighted by Crippen LogP contribution is 2.38. The molecule has 7 heteroatoms. The Morgan fingerprint density at radius 3 is 2.46 bits per heavy atom. The summed E-state index contributed by atoms with van der Waals surface area (Å²) in [5, 5.41) is 2.95. The monoisotopic (exact) mass is 359 g/mol. The largest absolute Gasteiger partial charge is 0.378 e. The molecule has 6 nitrogen and oxygen atoms in total. The lowest BCUT2D eigenvalue weighted by atomic mass is 9.93. The van der Waals surface area contributed by atoms with Crippen molar-refractivity contribution < 1.29 is 18.7 Å². The smallest absolute Gasteiger partial charge is 0.322 e. The van der Waals surface area contributed by atoms with Crippen LogP contribution in [-0.2, 0) is 9.53 Å². The molecule has 4 rings (SSSR count). The van der Waals surface area contributed by atoms with Gasteiger partial charge in [0.05, 0.1) is 24.8 Å². The second-order valence-electron chi connectivity index (χ2n) is 6.94. The third kappa shape index (κ3) is 3.07. The average Bonchev–Trinajstić information content (AvgIpc) is 3.47. The SMILES string of the molecule is CC1=C(C(=O)N2CCOCC2)[C@H](c2ccc(F)cc2)NC(=O)N1C1CC1. The van der Waals surface area contributed by atoms with E-state index in [2.05, 4.69) is 5.32 Å². The van der Waals surface area contributed by atoms with Crippen molar-refractivity contribution in [2.75, 3.05) is 26.3 Å². The Morgan fingerprint density at radius 2 is 1.85 bits per heavy atom. The highest BCUT2D eigenvalue weighted by molar-refractivity contribution is 5.98. The molecule has 1 aromatic carbocycles. The number of halogens is 1. The number of carbonyl (C=O) groups is 2. The van der Waals surface area contributed by atoms with E-state index < -0.39 is 6.04 Å². The van der Waals surface area contributed by atoms with Crippen LogP contribution in [0.4, 0.5) is 9.18 Å².